The van der Waals surface area contributed by atoms with Crippen LogP contribution < -0.4 is 20.5 Å². The van der Waals surface area contributed by atoms with Gasteiger partial charge in [-0.3, -0.25) is 9.59 Å². The first-order valence-electron chi connectivity index (χ1n) is 15.6. The number of alkyl carbamates (subject to hydrolysis) is 1. The molecule has 0 fully saturated rings. The Balaban J connectivity index is 1.57. The molecule has 0 saturated heterocycles. The third kappa shape index (κ3) is 9.61. The summed E-state index contributed by atoms with van der Waals surface area (Å²) in [6.45, 7) is 11.9. The molecule has 1 aromatic heterocycles. The van der Waals surface area contributed by atoms with E-state index in [1.807, 2.05) is 102 Å². The number of benzene rings is 3. The zero-order valence-corrected chi connectivity index (χ0v) is 28.2. The molecule has 3 aromatic carbocycles. The van der Waals surface area contributed by atoms with Gasteiger partial charge in [-0.25, -0.2) is 4.79 Å². The molecule has 0 radical (unpaired) electrons. The highest BCUT2D eigenvalue weighted by Gasteiger charge is 2.34. The van der Waals surface area contributed by atoms with Crippen LogP contribution in [0.5, 0.6) is 0 Å². The average molecular weight is 646 g/mol. The monoisotopic (exact) mass is 645 g/mol. The molecule has 0 unspecified atom stereocenters. The number of hydrogen-bond donors (Lipinski definition) is 3. The summed E-state index contributed by atoms with van der Waals surface area (Å²) in [4.78, 5) is 40.8. The smallest absolute Gasteiger partial charge is 0.408 e. The van der Waals surface area contributed by atoms with Gasteiger partial charge in [0.1, 0.15) is 24.2 Å². The lowest BCUT2D eigenvalue weighted by atomic mass is 9.99. The number of thiazole rings is 1. The Morgan fingerprint density at radius 3 is 2.28 bits per heavy atom. The molecule has 4 aromatic rings. The van der Waals surface area contributed by atoms with E-state index in [2.05, 4.69) is 16.0 Å². The van der Waals surface area contributed by atoms with Crippen molar-refractivity contribution in [3.8, 4) is 0 Å². The number of ether oxygens (including phenoxy) is 2. The molecule has 0 bridgehead atoms. The van der Waals surface area contributed by atoms with E-state index < -0.39 is 35.8 Å². The van der Waals surface area contributed by atoms with Crippen molar-refractivity contribution in [3.63, 3.8) is 0 Å². The molecule has 3 amide bonds. The largest absolute Gasteiger partial charge is 0.444 e. The van der Waals surface area contributed by atoms with E-state index in [4.69, 9.17) is 9.47 Å². The highest BCUT2D eigenvalue weighted by molar-refractivity contribution is 7.07. The maximum Gasteiger partial charge on any atom is 0.408 e. The maximum atomic E-state index is 14.0. The van der Waals surface area contributed by atoms with Gasteiger partial charge in [-0.15, -0.1) is 0 Å². The number of aromatic nitrogens is 1. The normalized spacial score (nSPS) is 14.1. The lowest BCUT2D eigenvalue weighted by Crippen LogP contribution is -2.59. The van der Waals surface area contributed by atoms with Crippen molar-refractivity contribution in [2.24, 2.45) is 0 Å². The highest BCUT2D eigenvalue weighted by atomic mass is 32.1. The van der Waals surface area contributed by atoms with Crippen LogP contribution in [-0.4, -0.2) is 41.7 Å². The van der Waals surface area contributed by atoms with Gasteiger partial charge in [-0.2, -0.15) is 4.57 Å². The molecule has 10 heteroatoms. The summed E-state index contributed by atoms with van der Waals surface area (Å²) < 4.78 is 13.6. The molecular formula is C36H45N4O5S+. The molecule has 3 N–H and O–H groups in total. The third-order valence-electron chi connectivity index (χ3n) is 7.58. The summed E-state index contributed by atoms with van der Waals surface area (Å²) in [5.41, 5.74) is 4.02. The minimum absolute atomic E-state index is 0.236. The van der Waals surface area contributed by atoms with Crippen molar-refractivity contribution in [1.29, 1.82) is 0 Å². The van der Waals surface area contributed by atoms with Crippen LogP contribution in [0.4, 0.5) is 4.79 Å². The first-order valence-corrected chi connectivity index (χ1v) is 16.6. The summed E-state index contributed by atoms with van der Waals surface area (Å²) in [5.74, 6) is -0.890. The summed E-state index contributed by atoms with van der Waals surface area (Å²) >= 11 is 1.53. The number of nitrogens with zero attached hydrogens (tertiary/aromatic N) is 1. The van der Waals surface area contributed by atoms with E-state index >= 15 is 0 Å². The van der Waals surface area contributed by atoms with Gasteiger partial charge in [0.2, 0.25) is 17.3 Å². The van der Waals surface area contributed by atoms with Crippen molar-refractivity contribution in [2.45, 2.75) is 90.9 Å². The Bertz CT molecular complexity index is 1610. The fourth-order valence-corrected chi connectivity index (χ4v) is 6.07. The number of fused-ring (bicyclic) bond motifs is 1. The highest BCUT2D eigenvalue weighted by Crippen LogP contribution is 2.24. The summed E-state index contributed by atoms with van der Waals surface area (Å²) in [7, 11) is 0. The van der Waals surface area contributed by atoms with Crippen LogP contribution in [-0.2, 0) is 38.6 Å². The zero-order chi connectivity index (χ0) is 33.3. The quantitative estimate of drug-likeness (QED) is 0.164. The standard InChI is InChI=1S/C36H44N4O5S/c1-7-40-23-46-22-28(40)20-31(33(41)37-24(2)29-19-13-17-27-16-11-12-18-30(27)29)38-34(42)32(39-35(43)45-36(4,5)6)25(3)44-21-26-14-9-8-10-15-26/h8-19,22-25,31-32H,7,20-21H2,1-6H3,(H2-,37,38,39,41,42,43)/p+1/t24-,25+,31-,32-/m0/s1. The lowest BCUT2D eigenvalue weighted by molar-refractivity contribution is -0.696. The van der Waals surface area contributed by atoms with Gasteiger partial charge in [0.05, 0.1) is 30.6 Å². The minimum Gasteiger partial charge on any atom is -0.444 e. The van der Waals surface area contributed by atoms with Crippen molar-refractivity contribution < 1.29 is 28.4 Å². The van der Waals surface area contributed by atoms with E-state index in [1.54, 1.807) is 27.7 Å². The second-order valence-electron chi connectivity index (χ2n) is 12.3. The van der Waals surface area contributed by atoms with Crippen molar-refractivity contribution >= 4 is 40.0 Å². The van der Waals surface area contributed by atoms with Gasteiger partial charge in [0.15, 0.2) is 5.69 Å². The molecule has 46 heavy (non-hydrogen) atoms. The van der Waals surface area contributed by atoms with Gasteiger partial charge < -0.3 is 25.4 Å². The van der Waals surface area contributed by atoms with Crippen molar-refractivity contribution in [3.05, 3.63) is 101 Å². The molecule has 244 valence electrons. The summed E-state index contributed by atoms with van der Waals surface area (Å²) in [5, 5.41) is 12.9. The Morgan fingerprint density at radius 1 is 0.870 bits per heavy atom. The molecule has 0 aliphatic carbocycles. The predicted molar refractivity (Wildman–Crippen MR) is 180 cm³/mol. The number of carbonyl (C=O) groups excluding carboxylic acids is 3. The molecule has 9 nitrogen and oxygen atoms in total. The summed E-state index contributed by atoms with van der Waals surface area (Å²) in [6.07, 6.45) is -1.24. The van der Waals surface area contributed by atoms with Gasteiger partial charge in [0, 0.05) is 0 Å². The number of aryl methyl sites for hydroxylation is 1. The van der Waals surface area contributed by atoms with Crippen molar-refractivity contribution in [1.82, 2.24) is 16.0 Å². The molecule has 4 atom stereocenters. The Morgan fingerprint density at radius 2 is 1.57 bits per heavy atom. The van der Waals surface area contributed by atoms with Crippen LogP contribution >= 0.6 is 11.3 Å². The molecule has 0 aliphatic heterocycles. The van der Waals surface area contributed by atoms with Crippen LogP contribution in [0, 0.1) is 0 Å². The van der Waals surface area contributed by atoms with Gasteiger partial charge in [-0.1, -0.05) is 84.1 Å². The van der Waals surface area contributed by atoms with Gasteiger partial charge in [-0.05, 0) is 63.4 Å². The molecule has 0 spiro atoms. The van der Waals surface area contributed by atoms with Crippen LogP contribution in [0.25, 0.3) is 10.8 Å². The third-order valence-corrected chi connectivity index (χ3v) is 8.36. The molecular weight excluding hydrogens is 600 g/mol. The Labute approximate surface area is 275 Å². The molecule has 1 heterocycles. The van der Waals surface area contributed by atoms with E-state index in [-0.39, 0.29) is 25.0 Å². The Kier molecular flexibility index (Phi) is 11.9. The van der Waals surface area contributed by atoms with E-state index in [1.165, 1.54) is 11.3 Å². The van der Waals surface area contributed by atoms with Gasteiger partial charge >= 0.3 is 6.09 Å². The number of nitrogens with one attached hydrogen (secondary N) is 3. The van der Waals surface area contributed by atoms with E-state index in [9.17, 15) is 14.4 Å². The molecule has 0 aliphatic rings. The summed E-state index contributed by atoms with van der Waals surface area (Å²) in [6, 6.07) is 21.2. The van der Waals surface area contributed by atoms with E-state index in [0.717, 1.165) is 34.1 Å². The van der Waals surface area contributed by atoms with Gasteiger partial charge in [0.25, 0.3) is 0 Å². The topological polar surface area (TPSA) is 110 Å². The number of rotatable bonds is 13. The van der Waals surface area contributed by atoms with E-state index in [0.29, 0.717) is 0 Å². The molecule has 0 saturated carbocycles. The van der Waals surface area contributed by atoms with Crippen molar-refractivity contribution in [2.75, 3.05) is 0 Å². The first kappa shape index (κ1) is 34.6. The fraction of sp³-hybridized carbons (Fsp3) is 0.389. The molecule has 4 rings (SSSR count). The second-order valence-corrected chi connectivity index (χ2v) is 13.0. The zero-order valence-electron chi connectivity index (χ0n) is 27.4. The SMILES string of the molecule is CC[n+]1cscc1C[C@H](NC(=O)[C@@H](NC(=O)OC(C)(C)C)[C@@H](C)OCc1ccccc1)C(=O)N[C@@H](C)c1cccc2ccccc12. The number of amides is 3. The Hall–Kier alpha value is -4.28. The van der Waals surface area contributed by atoms with Crippen LogP contribution in [0.2, 0.25) is 0 Å². The maximum absolute atomic E-state index is 14.0. The van der Waals surface area contributed by atoms with Crippen LogP contribution in [0.3, 0.4) is 0 Å². The number of hydrogen-bond acceptors (Lipinski definition) is 6. The predicted octanol–water partition coefficient (Wildman–Crippen LogP) is 5.61. The first-order chi connectivity index (χ1) is 21.9. The van der Waals surface area contributed by atoms with Crippen LogP contribution in [0.1, 0.15) is 64.4 Å². The lowest BCUT2D eigenvalue weighted by Gasteiger charge is -2.28. The second kappa shape index (κ2) is 15.8. The number of carbonyl (C=O) groups is 3. The minimum atomic E-state index is -1.13. The fourth-order valence-electron chi connectivity index (χ4n) is 5.19. The average Bonchev–Trinajstić information content (AvgIpc) is 3.48. The van der Waals surface area contributed by atoms with Crippen LogP contribution in [0.15, 0.2) is 83.7 Å².